The number of amides is 1. The molecule has 2 atom stereocenters. The summed E-state index contributed by atoms with van der Waals surface area (Å²) in [5.74, 6) is -1.40. The monoisotopic (exact) mass is 354 g/mol. The summed E-state index contributed by atoms with van der Waals surface area (Å²) in [6.07, 6.45) is 4.66. The molecule has 0 aliphatic heterocycles. The average Bonchev–Trinajstić information content (AvgIpc) is 2.43. The quantitative estimate of drug-likeness (QED) is 0.754. The van der Waals surface area contributed by atoms with Gasteiger partial charge in [-0.05, 0) is 39.3 Å². The Hall–Kier alpha value is -2.08. The molecule has 0 aliphatic rings. The van der Waals surface area contributed by atoms with Gasteiger partial charge in [-0.1, -0.05) is 30.7 Å². The Morgan fingerprint density at radius 1 is 1.46 bits per heavy atom. The van der Waals surface area contributed by atoms with Crippen molar-refractivity contribution in [2.45, 2.75) is 45.8 Å². The Morgan fingerprint density at radius 3 is 2.67 bits per heavy atom. The molecule has 0 aromatic carbocycles. The largest absolute Gasteiger partial charge is 0.481 e. The molecule has 1 aromatic rings. The van der Waals surface area contributed by atoms with Crippen LogP contribution in [0.15, 0.2) is 30.5 Å². The number of carboxylic acids is 1. The zero-order valence-corrected chi connectivity index (χ0v) is 15.0. The van der Waals surface area contributed by atoms with E-state index in [-0.39, 0.29) is 0 Å². The highest BCUT2D eigenvalue weighted by Gasteiger charge is 2.20. The van der Waals surface area contributed by atoms with E-state index in [2.05, 4.69) is 10.3 Å². The van der Waals surface area contributed by atoms with Gasteiger partial charge in [-0.3, -0.25) is 9.78 Å². The zero-order chi connectivity index (χ0) is 18.3. The fraction of sp³-hybridized carbons (Fsp3) is 0.471. The number of allylic oxidation sites excluding steroid dienone is 1. The molecule has 0 aliphatic carbocycles. The van der Waals surface area contributed by atoms with Gasteiger partial charge in [0.25, 0.3) is 0 Å². The molecule has 6 nitrogen and oxygen atoms in total. The van der Waals surface area contributed by atoms with Gasteiger partial charge in [-0.25, -0.2) is 4.79 Å². The number of hydrogen-bond donors (Lipinski definition) is 2. The van der Waals surface area contributed by atoms with Gasteiger partial charge in [0, 0.05) is 11.2 Å². The van der Waals surface area contributed by atoms with Crippen molar-refractivity contribution in [1.29, 1.82) is 0 Å². The van der Waals surface area contributed by atoms with E-state index in [4.69, 9.17) is 21.4 Å². The second-order valence-corrected chi connectivity index (χ2v) is 6.86. The maximum Gasteiger partial charge on any atom is 0.408 e. The number of nitrogens with one attached hydrogen (secondary N) is 1. The van der Waals surface area contributed by atoms with Gasteiger partial charge in [0.15, 0.2) is 0 Å². The summed E-state index contributed by atoms with van der Waals surface area (Å²) >= 11 is 5.97. The Bertz CT molecular complexity index is 611. The smallest absolute Gasteiger partial charge is 0.408 e. The fourth-order valence-electron chi connectivity index (χ4n) is 1.77. The molecule has 7 heteroatoms. The minimum atomic E-state index is -0.878. The first-order valence-electron chi connectivity index (χ1n) is 7.59. The number of hydrogen-bond acceptors (Lipinski definition) is 4. The number of carbonyl (C=O) groups is 2. The Morgan fingerprint density at radius 2 is 2.12 bits per heavy atom. The Labute approximate surface area is 146 Å². The normalized spacial score (nSPS) is 14.2. The number of ether oxygens (including phenoxy) is 1. The van der Waals surface area contributed by atoms with E-state index in [1.807, 2.05) is 0 Å². The number of carbonyl (C=O) groups excluding carboxylic acids is 1. The topological polar surface area (TPSA) is 88.5 Å². The molecular formula is C17H23ClN2O4. The second kappa shape index (κ2) is 8.68. The van der Waals surface area contributed by atoms with E-state index in [0.29, 0.717) is 17.1 Å². The summed E-state index contributed by atoms with van der Waals surface area (Å²) in [6.45, 7) is 6.91. The van der Waals surface area contributed by atoms with Crippen molar-refractivity contribution in [1.82, 2.24) is 10.3 Å². The Balaban J connectivity index is 2.89. The van der Waals surface area contributed by atoms with E-state index < -0.39 is 29.6 Å². The molecule has 24 heavy (non-hydrogen) atoms. The summed E-state index contributed by atoms with van der Waals surface area (Å²) in [7, 11) is 0. The number of aliphatic carboxylic acids is 1. The van der Waals surface area contributed by atoms with Crippen LogP contribution in [0.3, 0.4) is 0 Å². The van der Waals surface area contributed by atoms with Crippen molar-refractivity contribution in [3.8, 4) is 0 Å². The summed E-state index contributed by atoms with van der Waals surface area (Å²) in [6, 6.07) is 2.69. The van der Waals surface area contributed by atoms with Crippen LogP contribution in [0.25, 0.3) is 0 Å². The first-order valence-corrected chi connectivity index (χ1v) is 7.96. The molecule has 1 heterocycles. The van der Waals surface area contributed by atoms with Crippen LogP contribution >= 0.6 is 11.6 Å². The van der Waals surface area contributed by atoms with Crippen LogP contribution in [0.5, 0.6) is 0 Å². The standard InChI is InChI=1S/C17H23ClN2O4/c1-11(15(21)22)6-5-7-13(14-10-12(18)8-9-19-14)20-16(23)24-17(2,3)4/h5,7-11,13H,6H2,1-4H3,(H,20,23)(H,21,22)/b7-5+. The van der Waals surface area contributed by atoms with Gasteiger partial charge >= 0.3 is 12.1 Å². The molecule has 132 valence electrons. The van der Waals surface area contributed by atoms with Gasteiger partial charge in [0.05, 0.1) is 17.7 Å². The van der Waals surface area contributed by atoms with E-state index in [1.54, 1.807) is 52.0 Å². The van der Waals surface area contributed by atoms with E-state index in [0.717, 1.165) is 0 Å². The highest BCUT2D eigenvalue weighted by molar-refractivity contribution is 6.30. The zero-order valence-electron chi connectivity index (χ0n) is 14.2. The summed E-state index contributed by atoms with van der Waals surface area (Å²) in [4.78, 5) is 27.1. The van der Waals surface area contributed by atoms with Crippen LogP contribution in [-0.2, 0) is 9.53 Å². The fourth-order valence-corrected chi connectivity index (χ4v) is 1.93. The first kappa shape index (κ1) is 20.0. The van der Waals surface area contributed by atoms with Crippen LogP contribution in [-0.4, -0.2) is 27.8 Å². The summed E-state index contributed by atoms with van der Waals surface area (Å²) < 4.78 is 5.25. The van der Waals surface area contributed by atoms with Gasteiger partial charge in [-0.15, -0.1) is 0 Å². The van der Waals surface area contributed by atoms with Crippen LogP contribution in [0, 0.1) is 5.92 Å². The molecule has 0 saturated carbocycles. The lowest BCUT2D eigenvalue weighted by atomic mass is 10.1. The molecule has 0 bridgehead atoms. The molecule has 1 rings (SSSR count). The van der Waals surface area contributed by atoms with Gasteiger partial charge in [0.1, 0.15) is 5.60 Å². The second-order valence-electron chi connectivity index (χ2n) is 6.43. The highest BCUT2D eigenvalue weighted by atomic mass is 35.5. The van der Waals surface area contributed by atoms with Gasteiger partial charge < -0.3 is 15.2 Å². The van der Waals surface area contributed by atoms with Gasteiger partial charge in [0.2, 0.25) is 0 Å². The SMILES string of the molecule is CC(C/C=C/C(NC(=O)OC(C)(C)C)c1cc(Cl)ccn1)C(=O)O. The van der Waals surface area contributed by atoms with Crippen molar-refractivity contribution in [2.75, 3.05) is 0 Å². The van der Waals surface area contributed by atoms with Crippen LogP contribution in [0.2, 0.25) is 5.02 Å². The minimum absolute atomic E-state index is 0.336. The van der Waals surface area contributed by atoms with Crippen molar-refractivity contribution >= 4 is 23.7 Å². The molecule has 1 amide bonds. The van der Waals surface area contributed by atoms with Crippen LogP contribution in [0.1, 0.15) is 45.9 Å². The first-order chi connectivity index (χ1) is 11.1. The molecule has 2 unspecified atom stereocenters. The predicted octanol–water partition coefficient (Wildman–Crippen LogP) is 3.97. The summed E-state index contributed by atoms with van der Waals surface area (Å²) in [5, 5.41) is 12.1. The third-order valence-electron chi connectivity index (χ3n) is 2.97. The van der Waals surface area contributed by atoms with Crippen LogP contribution in [0.4, 0.5) is 4.79 Å². The molecule has 2 N–H and O–H groups in total. The number of carboxylic acid groups (broad SMARTS) is 1. The molecule has 0 spiro atoms. The average molecular weight is 355 g/mol. The molecule has 0 saturated heterocycles. The molecule has 1 aromatic heterocycles. The lowest BCUT2D eigenvalue weighted by Gasteiger charge is -2.22. The number of alkyl carbamates (subject to hydrolysis) is 1. The summed E-state index contributed by atoms with van der Waals surface area (Å²) in [5.41, 5.74) is -0.0922. The van der Waals surface area contributed by atoms with Crippen LogP contribution < -0.4 is 5.32 Å². The van der Waals surface area contributed by atoms with Crippen molar-refractivity contribution < 1.29 is 19.4 Å². The van der Waals surface area contributed by atoms with E-state index in [9.17, 15) is 9.59 Å². The number of rotatable bonds is 6. The molecule has 0 radical (unpaired) electrons. The number of aromatic nitrogens is 1. The van der Waals surface area contributed by atoms with Crippen molar-refractivity contribution in [3.05, 3.63) is 41.2 Å². The predicted molar refractivity (Wildman–Crippen MR) is 91.9 cm³/mol. The maximum absolute atomic E-state index is 12.0. The van der Waals surface area contributed by atoms with E-state index >= 15 is 0 Å². The minimum Gasteiger partial charge on any atom is -0.481 e. The molecular weight excluding hydrogens is 332 g/mol. The number of halogens is 1. The van der Waals surface area contributed by atoms with E-state index in [1.165, 1.54) is 6.20 Å². The maximum atomic E-state index is 12.0. The van der Waals surface area contributed by atoms with Crippen molar-refractivity contribution in [2.24, 2.45) is 5.92 Å². The van der Waals surface area contributed by atoms with Crippen molar-refractivity contribution in [3.63, 3.8) is 0 Å². The highest BCUT2D eigenvalue weighted by Crippen LogP contribution is 2.18. The van der Waals surface area contributed by atoms with Gasteiger partial charge in [-0.2, -0.15) is 0 Å². The lowest BCUT2D eigenvalue weighted by Crippen LogP contribution is -2.34. The third-order valence-corrected chi connectivity index (χ3v) is 3.21. The molecule has 0 fully saturated rings. The number of nitrogens with zero attached hydrogens (tertiary/aromatic N) is 1. The number of pyridine rings is 1. The lowest BCUT2D eigenvalue weighted by molar-refractivity contribution is -0.140. The Kier molecular flexibility index (Phi) is 7.22. The third kappa shape index (κ3) is 7.46.